The second-order valence-corrected chi connectivity index (χ2v) is 7.24. The monoisotopic (exact) mass is 356 g/mol. The van der Waals surface area contributed by atoms with Crippen LogP contribution in [0.15, 0.2) is 36.9 Å². The summed E-state index contributed by atoms with van der Waals surface area (Å²) < 4.78 is 0. The number of nitrogens with zero attached hydrogens (tertiary/aromatic N) is 1. The molecule has 0 amide bonds. The number of rotatable bonds is 7. The lowest BCUT2D eigenvalue weighted by atomic mass is 9.92. The summed E-state index contributed by atoms with van der Waals surface area (Å²) in [6.07, 6.45) is 7.90. The highest BCUT2D eigenvalue weighted by atomic mass is 14.7. The Hall–Kier alpha value is -2.79. The number of hydrogen-bond donors (Lipinski definition) is 1. The molecule has 2 nitrogen and oxygen atoms in total. The Morgan fingerprint density at radius 3 is 2.59 bits per heavy atom. The molecule has 1 aromatic heterocycles. The van der Waals surface area contributed by atoms with Crippen LogP contribution in [-0.2, 0) is 12.8 Å². The van der Waals surface area contributed by atoms with Gasteiger partial charge in [0.1, 0.15) is 0 Å². The Labute approximate surface area is 162 Å². The molecule has 0 saturated carbocycles. The molecule has 0 fully saturated rings. The maximum absolute atomic E-state index is 9.19. The third-order valence-corrected chi connectivity index (χ3v) is 5.42. The van der Waals surface area contributed by atoms with Crippen LogP contribution in [0.3, 0.4) is 0 Å². The molecule has 27 heavy (non-hydrogen) atoms. The highest BCUT2D eigenvalue weighted by molar-refractivity contribution is 5.97. The number of unbranched alkanes of at least 4 members (excludes halogenated alkanes) is 2. The molecular weight excluding hydrogens is 328 g/mol. The van der Waals surface area contributed by atoms with Gasteiger partial charge in [0, 0.05) is 22.0 Å². The van der Waals surface area contributed by atoms with Crippen molar-refractivity contribution in [2.45, 2.75) is 52.9 Å². The van der Waals surface area contributed by atoms with Crippen LogP contribution >= 0.6 is 0 Å². The number of benzene rings is 2. The van der Waals surface area contributed by atoms with Crippen molar-refractivity contribution in [2.75, 3.05) is 0 Å². The molecule has 0 aliphatic rings. The standard InChI is InChI=1S/C25H28N2/c1-5-8-9-10-20-13-17(4)23(15-19(20)6-2)25-21(7-3)22-12-11-18(16-26)14-24(22)27-25/h7,11-15,27H,3,5-6,8-10H2,1-2,4H3. The molecule has 0 saturated heterocycles. The second-order valence-electron chi connectivity index (χ2n) is 7.24. The van der Waals surface area contributed by atoms with E-state index in [4.69, 9.17) is 0 Å². The molecule has 1 N–H and O–H groups in total. The van der Waals surface area contributed by atoms with Gasteiger partial charge in [-0.2, -0.15) is 5.26 Å². The summed E-state index contributed by atoms with van der Waals surface area (Å²) >= 11 is 0. The topological polar surface area (TPSA) is 39.6 Å². The predicted octanol–water partition coefficient (Wildman–Crippen LogP) is 6.95. The Morgan fingerprint density at radius 2 is 1.93 bits per heavy atom. The van der Waals surface area contributed by atoms with Crippen molar-refractivity contribution in [3.05, 3.63) is 64.7 Å². The van der Waals surface area contributed by atoms with E-state index in [0.717, 1.165) is 35.0 Å². The van der Waals surface area contributed by atoms with Crippen LogP contribution in [0, 0.1) is 18.3 Å². The van der Waals surface area contributed by atoms with E-state index in [0.29, 0.717) is 5.56 Å². The van der Waals surface area contributed by atoms with E-state index in [9.17, 15) is 5.26 Å². The number of aromatic amines is 1. The Bertz CT molecular complexity index is 1010. The van der Waals surface area contributed by atoms with Gasteiger partial charge in [-0.1, -0.05) is 51.5 Å². The third-order valence-electron chi connectivity index (χ3n) is 5.42. The van der Waals surface area contributed by atoms with Crippen LogP contribution in [0.25, 0.3) is 28.2 Å². The summed E-state index contributed by atoms with van der Waals surface area (Å²) in [6.45, 7) is 10.7. The summed E-state index contributed by atoms with van der Waals surface area (Å²) in [4.78, 5) is 3.55. The van der Waals surface area contributed by atoms with Crippen LogP contribution < -0.4 is 0 Å². The largest absolute Gasteiger partial charge is 0.354 e. The first-order valence-electron chi connectivity index (χ1n) is 9.93. The molecule has 0 unspecified atom stereocenters. The summed E-state index contributed by atoms with van der Waals surface area (Å²) in [7, 11) is 0. The van der Waals surface area contributed by atoms with Gasteiger partial charge in [-0.25, -0.2) is 0 Å². The molecule has 0 bridgehead atoms. The number of fused-ring (bicyclic) bond motifs is 1. The van der Waals surface area contributed by atoms with E-state index in [-0.39, 0.29) is 0 Å². The molecular formula is C25H28N2. The molecule has 1 heterocycles. The van der Waals surface area contributed by atoms with Crippen molar-refractivity contribution in [2.24, 2.45) is 0 Å². The van der Waals surface area contributed by atoms with Gasteiger partial charge in [-0.15, -0.1) is 0 Å². The molecule has 2 aromatic carbocycles. The van der Waals surface area contributed by atoms with Crippen molar-refractivity contribution in [3.63, 3.8) is 0 Å². The van der Waals surface area contributed by atoms with E-state index in [1.165, 1.54) is 41.5 Å². The molecule has 0 atom stereocenters. The minimum Gasteiger partial charge on any atom is -0.354 e. The first kappa shape index (κ1) is 19.0. The zero-order valence-electron chi connectivity index (χ0n) is 16.7. The van der Waals surface area contributed by atoms with Gasteiger partial charge in [0.15, 0.2) is 0 Å². The maximum Gasteiger partial charge on any atom is 0.0992 e. The molecule has 0 spiro atoms. The summed E-state index contributed by atoms with van der Waals surface area (Å²) in [5.41, 5.74) is 9.30. The van der Waals surface area contributed by atoms with E-state index < -0.39 is 0 Å². The summed E-state index contributed by atoms with van der Waals surface area (Å²) in [6, 6.07) is 12.7. The highest BCUT2D eigenvalue weighted by Gasteiger charge is 2.15. The number of aryl methyl sites for hydroxylation is 3. The maximum atomic E-state index is 9.19. The third kappa shape index (κ3) is 3.69. The Kier molecular flexibility index (Phi) is 5.81. The van der Waals surface area contributed by atoms with E-state index in [2.05, 4.69) is 50.5 Å². The van der Waals surface area contributed by atoms with Crippen LogP contribution in [0.5, 0.6) is 0 Å². The quantitative estimate of drug-likeness (QED) is 0.457. The van der Waals surface area contributed by atoms with E-state index in [1.54, 1.807) is 0 Å². The number of nitrogens with one attached hydrogen (secondary N) is 1. The fourth-order valence-electron chi connectivity index (χ4n) is 3.92. The molecule has 2 heteroatoms. The molecule has 0 radical (unpaired) electrons. The van der Waals surface area contributed by atoms with Crippen LogP contribution in [0.4, 0.5) is 0 Å². The second kappa shape index (κ2) is 8.27. The van der Waals surface area contributed by atoms with Crippen LogP contribution in [-0.4, -0.2) is 4.98 Å². The fraction of sp³-hybridized carbons (Fsp3) is 0.320. The minimum atomic E-state index is 0.670. The Balaban J connectivity index is 2.13. The van der Waals surface area contributed by atoms with Gasteiger partial charge >= 0.3 is 0 Å². The first-order chi connectivity index (χ1) is 13.1. The number of hydrogen-bond acceptors (Lipinski definition) is 1. The van der Waals surface area contributed by atoms with Gasteiger partial charge in [0.25, 0.3) is 0 Å². The zero-order chi connectivity index (χ0) is 19.4. The lowest BCUT2D eigenvalue weighted by Gasteiger charge is -2.14. The SMILES string of the molecule is C=Cc1c(-c2cc(CC)c(CCCCC)cc2C)[nH]c2cc(C#N)ccc12. The molecule has 0 aliphatic carbocycles. The van der Waals surface area contributed by atoms with Gasteiger partial charge in [0.2, 0.25) is 0 Å². The van der Waals surface area contributed by atoms with Crippen LogP contribution in [0.1, 0.15) is 60.9 Å². The van der Waals surface area contributed by atoms with Gasteiger partial charge < -0.3 is 4.98 Å². The molecule has 3 aromatic rings. The lowest BCUT2D eigenvalue weighted by molar-refractivity contribution is 0.713. The normalized spacial score (nSPS) is 10.9. The van der Waals surface area contributed by atoms with Crippen LogP contribution in [0.2, 0.25) is 0 Å². The molecule has 0 aliphatic heterocycles. The zero-order valence-corrected chi connectivity index (χ0v) is 16.7. The lowest BCUT2D eigenvalue weighted by Crippen LogP contribution is -1.97. The minimum absolute atomic E-state index is 0.670. The van der Waals surface area contributed by atoms with Crippen molar-refractivity contribution >= 4 is 17.0 Å². The van der Waals surface area contributed by atoms with Gasteiger partial charge in [-0.05, 0) is 61.1 Å². The number of aromatic nitrogens is 1. The predicted molar refractivity (Wildman–Crippen MR) is 116 cm³/mol. The van der Waals surface area contributed by atoms with Crippen molar-refractivity contribution in [1.82, 2.24) is 4.98 Å². The van der Waals surface area contributed by atoms with Crippen molar-refractivity contribution in [1.29, 1.82) is 5.26 Å². The van der Waals surface area contributed by atoms with Gasteiger partial charge in [0.05, 0.1) is 17.3 Å². The Morgan fingerprint density at radius 1 is 1.11 bits per heavy atom. The van der Waals surface area contributed by atoms with Gasteiger partial charge in [-0.3, -0.25) is 0 Å². The van der Waals surface area contributed by atoms with Crippen molar-refractivity contribution < 1.29 is 0 Å². The molecule has 3 rings (SSSR count). The van der Waals surface area contributed by atoms with Crippen molar-refractivity contribution in [3.8, 4) is 17.3 Å². The average Bonchev–Trinajstić information content (AvgIpc) is 3.05. The molecule has 138 valence electrons. The van der Waals surface area contributed by atoms with E-state index in [1.807, 2.05) is 24.3 Å². The fourth-order valence-corrected chi connectivity index (χ4v) is 3.92. The smallest absolute Gasteiger partial charge is 0.0992 e. The van der Waals surface area contributed by atoms with E-state index >= 15 is 0 Å². The summed E-state index contributed by atoms with van der Waals surface area (Å²) in [5.74, 6) is 0. The highest BCUT2D eigenvalue weighted by Crippen LogP contribution is 2.35. The average molecular weight is 357 g/mol. The summed E-state index contributed by atoms with van der Waals surface area (Å²) in [5, 5.41) is 10.3. The first-order valence-corrected chi connectivity index (χ1v) is 9.93. The number of nitriles is 1. The number of H-pyrrole nitrogens is 1.